The summed E-state index contributed by atoms with van der Waals surface area (Å²) >= 11 is 0. The molecule has 1 unspecified atom stereocenters. The van der Waals surface area contributed by atoms with E-state index >= 15 is 0 Å². The van der Waals surface area contributed by atoms with Crippen molar-refractivity contribution in [1.29, 1.82) is 5.26 Å². The molecule has 0 radical (unpaired) electrons. The van der Waals surface area contributed by atoms with Crippen LogP contribution in [0.1, 0.15) is 6.42 Å². The standard InChI is InChI=1S/C6H10N2O2S/c7-2-1-6-5-11(9,10)4-3-8-6/h6,8H,1,3-5H2. The van der Waals surface area contributed by atoms with E-state index < -0.39 is 9.84 Å². The van der Waals surface area contributed by atoms with Crippen molar-refractivity contribution in [3.63, 3.8) is 0 Å². The number of hydrogen-bond donors (Lipinski definition) is 1. The molecule has 0 aromatic carbocycles. The van der Waals surface area contributed by atoms with E-state index in [1.807, 2.05) is 6.07 Å². The molecule has 1 fully saturated rings. The highest BCUT2D eigenvalue weighted by Gasteiger charge is 2.23. The summed E-state index contributed by atoms with van der Waals surface area (Å²) in [5, 5.41) is 11.3. The van der Waals surface area contributed by atoms with Crippen LogP contribution < -0.4 is 5.32 Å². The zero-order valence-electron chi connectivity index (χ0n) is 6.08. The highest BCUT2D eigenvalue weighted by atomic mass is 32.2. The van der Waals surface area contributed by atoms with Gasteiger partial charge in [0.2, 0.25) is 0 Å². The molecule has 1 saturated heterocycles. The molecule has 1 aliphatic heterocycles. The van der Waals surface area contributed by atoms with Gasteiger partial charge in [0.25, 0.3) is 0 Å². The van der Waals surface area contributed by atoms with Gasteiger partial charge in [-0.15, -0.1) is 0 Å². The van der Waals surface area contributed by atoms with Crippen LogP contribution in [0, 0.1) is 11.3 Å². The SMILES string of the molecule is N#CCC1CS(=O)(=O)CCN1. The third-order valence-electron chi connectivity index (χ3n) is 1.64. The number of rotatable bonds is 1. The Labute approximate surface area is 66.1 Å². The van der Waals surface area contributed by atoms with Gasteiger partial charge in [-0.3, -0.25) is 0 Å². The van der Waals surface area contributed by atoms with Crippen molar-refractivity contribution in [3.05, 3.63) is 0 Å². The van der Waals surface area contributed by atoms with Crippen LogP contribution in [0.5, 0.6) is 0 Å². The predicted octanol–water partition coefficient (Wildman–Crippen LogP) is -0.713. The number of hydrogen-bond acceptors (Lipinski definition) is 4. The quantitative estimate of drug-likeness (QED) is 0.570. The number of sulfone groups is 1. The zero-order valence-corrected chi connectivity index (χ0v) is 6.89. The maximum Gasteiger partial charge on any atom is 0.153 e. The van der Waals surface area contributed by atoms with E-state index in [2.05, 4.69) is 5.32 Å². The van der Waals surface area contributed by atoms with E-state index in [0.29, 0.717) is 6.54 Å². The third kappa shape index (κ3) is 2.48. The van der Waals surface area contributed by atoms with Gasteiger partial charge in [-0.25, -0.2) is 8.42 Å². The molecule has 0 saturated carbocycles. The van der Waals surface area contributed by atoms with Gasteiger partial charge in [0.05, 0.1) is 24.0 Å². The van der Waals surface area contributed by atoms with Crippen molar-refractivity contribution < 1.29 is 8.42 Å². The first-order chi connectivity index (χ1) is 5.14. The Hall–Kier alpha value is -0.600. The summed E-state index contributed by atoms with van der Waals surface area (Å²) in [5.41, 5.74) is 0. The fourth-order valence-electron chi connectivity index (χ4n) is 1.11. The first kappa shape index (κ1) is 8.50. The molecule has 1 aliphatic rings. The van der Waals surface area contributed by atoms with Gasteiger partial charge < -0.3 is 5.32 Å². The summed E-state index contributed by atoms with van der Waals surface area (Å²) in [7, 11) is -2.87. The monoisotopic (exact) mass is 174 g/mol. The third-order valence-corrected chi connectivity index (χ3v) is 3.38. The molecule has 0 amide bonds. The van der Waals surface area contributed by atoms with Crippen molar-refractivity contribution >= 4 is 9.84 Å². The van der Waals surface area contributed by atoms with Gasteiger partial charge >= 0.3 is 0 Å². The molecule has 1 N–H and O–H groups in total. The number of nitrogens with zero attached hydrogens (tertiary/aromatic N) is 1. The van der Waals surface area contributed by atoms with Crippen LogP contribution in [-0.4, -0.2) is 32.5 Å². The van der Waals surface area contributed by atoms with Crippen LogP contribution in [0.15, 0.2) is 0 Å². The van der Waals surface area contributed by atoms with E-state index in [1.54, 1.807) is 0 Å². The van der Waals surface area contributed by atoms with Crippen molar-refractivity contribution in [3.8, 4) is 6.07 Å². The maximum absolute atomic E-state index is 11.0. The molecule has 5 heteroatoms. The summed E-state index contributed by atoms with van der Waals surface area (Å²) in [6, 6.07) is 1.79. The fourth-order valence-corrected chi connectivity index (χ4v) is 2.55. The van der Waals surface area contributed by atoms with E-state index in [9.17, 15) is 8.42 Å². The molecular weight excluding hydrogens is 164 g/mol. The molecule has 4 nitrogen and oxygen atoms in total. The van der Waals surface area contributed by atoms with Gasteiger partial charge in [0.15, 0.2) is 9.84 Å². The van der Waals surface area contributed by atoms with Crippen LogP contribution in [0.2, 0.25) is 0 Å². The molecule has 0 aliphatic carbocycles. The van der Waals surface area contributed by atoms with Crippen LogP contribution in [0.4, 0.5) is 0 Å². The normalized spacial score (nSPS) is 29.2. The fraction of sp³-hybridized carbons (Fsp3) is 0.833. The van der Waals surface area contributed by atoms with Crippen LogP contribution in [-0.2, 0) is 9.84 Å². The highest BCUT2D eigenvalue weighted by Crippen LogP contribution is 2.03. The van der Waals surface area contributed by atoms with Crippen molar-refractivity contribution in [2.45, 2.75) is 12.5 Å². The lowest BCUT2D eigenvalue weighted by atomic mass is 10.2. The first-order valence-corrected chi connectivity index (χ1v) is 5.27. The summed E-state index contributed by atoms with van der Waals surface area (Å²) in [5.74, 6) is 0.315. The van der Waals surface area contributed by atoms with E-state index in [4.69, 9.17) is 5.26 Å². The van der Waals surface area contributed by atoms with Gasteiger partial charge in [-0.05, 0) is 0 Å². The summed E-state index contributed by atoms with van der Waals surface area (Å²) in [6.07, 6.45) is 0.277. The van der Waals surface area contributed by atoms with E-state index in [1.165, 1.54) is 0 Å². The molecule has 0 bridgehead atoms. The Morgan fingerprint density at radius 2 is 2.36 bits per heavy atom. The minimum absolute atomic E-state index is 0.112. The molecule has 1 atom stereocenters. The summed E-state index contributed by atoms with van der Waals surface area (Å²) < 4.78 is 22.0. The molecule has 11 heavy (non-hydrogen) atoms. The second-order valence-corrected chi connectivity index (χ2v) is 4.86. The van der Waals surface area contributed by atoms with Crippen LogP contribution >= 0.6 is 0 Å². The minimum atomic E-state index is -2.87. The lowest BCUT2D eigenvalue weighted by Gasteiger charge is -2.20. The van der Waals surface area contributed by atoms with Gasteiger partial charge in [-0.2, -0.15) is 5.26 Å². The Kier molecular flexibility index (Phi) is 2.47. The van der Waals surface area contributed by atoms with Crippen molar-refractivity contribution in [2.24, 2.45) is 0 Å². The van der Waals surface area contributed by atoms with Crippen LogP contribution in [0.3, 0.4) is 0 Å². The highest BCUT2D eigenvalue weighted by molar-refractivity contribution is 7.91. The minimum Gasteiger partial charge on any atom is -0.311 e. The lowest BCUT2D eigenvalue weighted by molar-refractivity contribution is 0.522. The molecule has 0 spiro atoms. The Morgan fingerprint density at radius 1 is 1.64 bits per heavy atom. The summed E-state index contributed by atoms with van der Waals surface area (Å²) in [6.45, 7) is 0.481. The average molecular weight is 174 g/mol. The van der Waals surface area contributed by atoms with Gasteiger partial charge in [-0.1, -0.05) is 0 Å². The summed E-state index contributed by atoms with van der Waals surface area (Å²) in [4.78, 5) is 0. The smallest absolute Gasteiger partial charge is 0.153 e. The topological polar surface area (TPSA) is 70.0 Å². The predicted molar refractivity (Wildman–Crippen MR) is 40.7 cm³/mol. The van der Waals surface area contributed by atoms with Crippen molar-refractivity contribution in [2.75, 3.05) is 18.1 Å². The van der Waals surface area contributed by atoms with Gasteiger partial charge in [0.1, 0.15) is 0 Å². The van der Waals surface area contributed by atoms with Gasteiger partial charge in [0, 0.05) is 12.6 Å². The Morgan fingerprint density at radius 3 is 2.91 bits per heavy atom. The van der Waals surface area contributed by atoms with E-state index in [-0.39, 0.29) is 24.0 Å². The first-order valence-electron chi connectivity index (χ1n) is 3.45. The molecule has 62 valence electrons. The Balaban J connectivity index is 2.55. The second-order valence-electron chi connectivity index (χ2n) is 2.63. The van der Waals surface area contributed by atoms with Crippen LogP contribution in [0.25, 0.3) is 0 Å². The molecular formula is C6H10N2O2S. The van der Waals surface area contributed by atoms with E-state index in [0.717, 1.165) is 0 Å². The lowest BCUT2D eigenvalue weighted by Crippen LogP contribution is -2.44. The second kappa shape index (κ2) is 3.20. The number of nitrogens with one attached hydrogen (secondary N) is 1. The molecule has 1 rings (SSSR count). The average Bonchev–Trinajstić information content (AvgIpc) is 1.85. The largest absolute Gasteiger partial charge is 0.311 e. The zero-order chi connectivity index (χ0) is 8.32. The Bertz CT molecular complexity index is 265. The van der Waals surface area contributed by atoms with Crippen molar-refractivity contribution in [1.82, 2.24) is 5.32 Å². The molecule has 0 aromatic heterocycles. The maximum atomic E-state index is 11.0. The molecule has 0 aromatic rings. The number of nitriles is 1. The molecule has 1 heterocycles.